The molecule has 0 bridgehead atoms. The van der Waals surface area contributed by atoms with Gasteiger partial charge in [0.2, 0.25) is 0 Å². The van der Waals surface area contributed by atoms with E-state index in [4.69, 9.17) is 9.31 Å². The highest BCUT2D eigenvalue weighted by Crippen LogP contribution is 2.36. The molecule has 0 radical (unpaired) electrons. The van der Waals surface area contributed by atoms with E-state index < -0.39 is 0 Å². The summed E-state index contributed by atoms with van der Waals surface area (Å²) in [5.74, 6) is 0.760. The van der Waals surface area contributed by atoms with E-state index in [1.165, 1.54) is 0 Å². The Hall–Kier alpha value is -1.72. The molecule has 24 heavy (non-hydrogen) atoms. The molecule has 1 aromatic carbocycles. The summed E-state index contributed by atoms with van der Waals surface area (Å²) >= 11 is 0. The van der Waals surface area contributed by atoms with Gasteiger partial charge in [0.25, 0.3) is 0 Å². The second kappa shape index (κ2) is 5.68. The van der Waals surface area contributed by atoms with Gasteiger partial charge >= 0.3 is 7.12 Å². The summed E-state index contributed by atoms with van der Waals surface area (Å²) in [5.41, 5.74) is 4.54. The Bertz CT molecular complexity index is 730. The van der Waals surface area contributed by atoms with Gasteiger partial charge in [-0.2, -0.15) is 0 Å². The lowest BCUT2D eigenvalue weighted by atomic mass is 9.79. The van der Waals surface area contributed by atoms with Crippen LogP contribution >= 0.6 is 0 Å². The molecule has 4 nitrogen and oxygen atoms in total. The molecule has 1 aliphatic rings. The molecule has 2 aromatic rings. The Balaban J connectivity index is 1.87. The molecule has 0 atom stereocenters. The van der Waals surface area contributed by atoms with E-state index in [1.807, 2.05) is 38.1 Å². The smallest absolute Gasteiger partial charge is 0.399 e. The molecule has 126 valence electrons. The predicted molar refractivity (Wildman–Crippen MR) is 97.4 cm³/mol. The van der Waals surface area contributed by atoms with Gasteiger partial charge in [-0.25, -0.2) is 9.97 Å². The molecule has 1 aliphatic heterocycles. The summed E-state index contributed by atoms with van der Waals surface area (Å²) in [7, 11) is -0.341. The molecule has 0 aliphatic carbocycles. The minimum Gasteiger partial charge on any atom is -0.399 e. The van der Waals surface area contributed by atoms with Crippen molar-refractivity contribution in [2.75, 3.05) is 0 Å². The van der Waals surface area contributed by atoms with Gasteiger partial charge in [-0.05, 0) is 59.5 Å². The molecule has 1 aromatic heterocycles. The summed E-state index contributed by atoms with van der Waals surface area (Å²) in [6.07, 6.45) is 0. The Morgan fingerprint density at radius 1 is 0.792 bits per heavy atom. The summed E-state index contributed by atoms with van der Waals surface area (Å²) in [6, 6.07) is 8.13. The Kier molecular flexibility index (Phi) is 4.05. The van der Waals surface area contributed by atoms with Gasteiger partial charge in [-0.15, -0.1) is 0 Å². The number of aryl methyl sites for hydroxylation is 2. The van der Waals surface area contributed by atoms with E-state index in [0.717, 1.165) is 33.8 Å². The van der Waals surface area contributed by atoms with Gasteiger partial charge in [-0.3, -0.25) is 0 Å². The number of hydrogen-bond acceptors (Lipinski definition) is 4. The number of aromatic nitrogens is 2. The standard InChI is InChI=1S/C19H25BN2O2/c1-12-13(2)21-17(22-14(12)3)15-8-10-16(11-9-15)20-23-18(4,5)19(6,7)24-20/h8-11H,1-7H3. The van der Waals surface area contributed by atoms with Crippen LogP contribution in [-0.2, 0) is 9.31 Å². The van der Waals surface area contributed by atoms with E-state index in [0.29, 0.717) is 0 Å². The van der Waals surface area contributed by atoms with Crippen molar-refractivity contribution < 1.29 is 9.31 Å². The maximum atomic E-state index is 6.10. The van der Waals surface area contributed by atoms with Crippen molar-refractivity contribution in [1.82, 2.24) is 9.97 Å². The summed E-state index contributed by atoms with van der Waals surface area (Å²) in [6.45, 7) is 14.3. The van der Waals surface area contributed by atoms with Gasteiger partial charge in [-0.1, -0.05) is 24.3 Å². The first-order valence-corrected chi connectivity index (χ1v) is 8.38. The molecule has 0 spiro atoms. The highest BCUT2D eigenvalue weighted by atomic mass is 16.7. The third-order valence-electron chi connectivity index (χ3n) is 5.33. The SMILES string of the molecule is Cc1nc(-c2ccc(B3OC(C)(C)C(C)(C)O3)cc2)nc(C)c1C. The van der Waals surface area contributed by atoms with Gasteiger partial charge in [0.1, 0.15) is 0 Å². The van der Waals surface area contributed by atoms with Crippen LogP contribution in [0.1, 0.15) is 44.6 Å². The van der Waals surface area contributed by atoms with Crippen LogP contribution in [0.3, 0.4) is 0 Å². The van der Waals surface area contributed by atoms with E-state index >= 15 is 0 Å². The fourth-order valence-electron chi connectivity index (χ4n) is 2.67. The third kappa shape index (κ3) is 2.87. The quantitative estimate of drug-likeness (QED) is 0.795. The predicted octanol–water partition coefficient (Wildman–Crippen LogP) is 3.37. The highest BCUT2D eigenvalue weighted by Gasteiger charge is 2.51. The van der Waals surface area contributed by atoms with Gasteiger partial charge < -0.3 is 9.31 Å². The van der Waals surface area contributed by atoms with Crippen LogP contribution in [-0.4, -0.2) is 28.3 Å². The van der Waals surface area contributed by atoms with Gasteiger partial charge in [0, 0.05) is 17.0 Å². The van der Waals surface area contributed by atoms with Crippen molar-refractivity contribution in [2.24, 2.45) is 0 Å². The molecule has 5 heteroatoms. The highest BCUT2D eigenvalue weighted by molar-refractivity contribution is 6.62. The van der Waals surface area contributed by atoms with E-state index in [-0.39, 0.29) is 18.3 Å². The first kappa shape index (κ1) is 17.1. The molecule has 0 amide bonds. The minimum absolute atomic E-state index is 0.329. The van der Waals surface area contributed by atoms with Crippen LogP contribution in [0, 0.1) is 20.8 Å². The first-order valence-electron chi connectivity index (χ1n) is 8.38. The second-order valence-electron chi connectivity index (χ2n) is 7.55. The molecule has 2 heterocycles. The van der Waals surface area contributed by atoms with Gasteiger partial charge in [0.15, 0.2) is 5.82 Å². The molecular formula is C19H25BN2O2. The van der Waals surface area contributed by atoms with Crippen molar-refractivity contribution in [3.8, 4) is 11.4 Å². The second-order valence-corrected chi connectivity index (χ2v) is 7.55. The van der Waals surface area contributed by atoms with Crippen LogP contribution in [0.25, 0.3) is 11.4 Å². The number of rotatable bonds is 2. The largest absolute Gasteiger partial charge is 0.494 e. The van der Waals surface area contributed by atoms with Crippen molar-refractivity contribution >= 4 is 12.6 Å². The van der Waals surface area contributed by atoms with Crippen molar-refractivity contribution in [3.05, 3.63) is 41.2 Å². The minimum atomic E-state index is -0.341. The van der Waals surface area contributed by atoms with Crippen molar-refractivity contribution in [2.45, 2.75) is 59.7 Å². The van der Waals surface area contributed by atoms with Crippen LogP contribution in [0.15, 0.2) is 24.3 Å². The first-order chi connectivity index (χ1) is 11.1. The zero-order chi connectivity index (χ0) is 17.7. The molecule has 3 rings (SSSR count). The molecule has 0 unspecified atom stereocenters. The average Bonchev–Trinajstić information content (AvgIpc) is 2.73. The lowest BCUT2D eigenvalue weighted by Crippen LogP contribution is -2.41. The average molecular weight is 324 g/mol. The van der Waals surface area contributed by atoms with Crippen molar-refractivity contribution in [1.29, 1.82) is 0 Å². The molecular weight excluding hydrogens is 299 g/mol. The maximum absolute atomic E-state index is 6.10. The van der Waals surface area contributed by atoms with E-state index in [1.54, 1.807) is 0 Å². The van der Waals surface area contributed by atoms with E-state index in [9.17, 15) is 0 Å². The zero-order valence-corrected chi connectivity index (χ0v) is 15.6. The van der Waals surface area contributed by atoms with E-state index in [2.05, 4.69) is 44.6 Å². The van der Waals surface area contributed by atoms with Crippen LogP contribution in [0.2, 0.25) is 0 Å². The zero-order valence-electron chi connectivity index (χ0n) is 15.6. The molecule has 1 fully saturated rings. The molecule has 0 saturated carbocycles. The topological polar surface area (TPSA) is 44.2 Å². The fraction of sp³-hybridized carbons (Fsp3) is 0.474. The Labute approximate surface area is 144 Å². The normalized spacial score (nSPS) is 18.9. The molecule has 0 N–H and O–H groups in total. The number of nitrogens with zero attached hydrogens (tertiary/aromatic N) is 2. The van der Waals surface area contributed by atoms with Crippen LogP contribution in [0.4, 0.5) is 0 Å². The van der Waals surface area contributed by atoms with Crippen molar-refractivity contribution in [3.63, 3.8) is 0 Å². The Morgan fingerprint density at radius 3 is 1.71 bits per heavy atom. The van der Waals surface area contributed by atoms with Crippen LogP contribution in [0.5, 0.6) is 0 Å². The summed E-state index contributed by atoms with van der Waals surface area (Å²) < 4.78 is 12.2. The lowest BCUT2D eigenvalue weighted by Gasteiger charge is -2.32. The monoisotopic (exact) mass is 324 g/mol. The third-order valence-corrected chi connectivity index (χ3v) is 5.33. The summed E-state index contributed by atoms with van der Waals surface area (Å²) in [4.78, 5) is 9.21. The number of hydrogen-bond donors (Lipinski definition) is 0. The molecule has 1 saturated heterocycles. The number of benzene rings is 1. The Morgan fingerprint density at radius 2 is 1.25 bits per heavy atom. The maximum Gasteiger partial charge on any atom is 0.494 e. The fourth-order valence-corrected chi connectivity index (χ4v) is 2.67. The lowest BCUT2D eigenvalue weighted by molar-refractivity contribution is 0.00578. The summed E-state index contributed by atoms with van der Waals surface area (Å²) in [5, 5.41) is 0. The van der Waals surface area contributed by atoms with Gasteiger partial charge in [0.05, 0.1) is 11.2 Å². The van der Waals surface area contributed by atoms with Crippen LogP contribution < -0.4 is 5.46 Å².